The zero-order chi connectivity index (χ0) is 18.8. The van der Waals surface area contributed by atoms with Crippen LogP contribution in [0.25, 0.3) is 0 Å². The predicted octanol–water partition coefficient (Wildman–Crippen LogP) is 2.55. The number of benzene rings is 1. The molecule has 1 saturated carbocycles. The summed E-state index contributed by atoms with van der Waals surface area (Å²) in [5, 5.41) is 7.05. The van der Waals surface area contributed by atoms with Crippen molar-refractivity contribution in [2.24, 2.45) is 11.8 Å². The van der Waals surface area contributed by atoms with E-state index in [-0.39, 0.29) is 23.8 Å². The van der Waals surface area contributed by atoms with Crippen molar-refractivity contribution in [3.63, 3.8) is 0 Å². The van der Waals surface area contributed by atoms with E-state index in [4.69, 9.17) is 11.6 Å². The number of carbonyl (C=O) groups is 2. The second kappa shape index (κ2) is 8.19. The monoisotopic (exact) mass is 389 g/mol. The molecular weight excluding hydrogens is 362 g/mol. The minimum Gasteiger partial charge on any atom is -0.354 e. The van der Waals surface area contributed by atoms with Gasteiger partial charge in [-0.15, -0.1) is 0 Å². The molecule has 4 atom stereocenters. The Kier molecular flexibility index (Phi) is 5.69. The Hall–Kier alpha value is -1.59. The van der Waals surface area contributed by atoms with Gasteiger partial charge in [0.25, 0.3) is 0 Å². The average Bonchev–Trinajstić information content (AvgIpc) is 3.30. The summed E-state index contributed by atoms with van der Waals surface area (Å²) in [6.07, 6.45) is 5.00. The molecule has 0 aromatic heterocycles. The molecule has 1 aromatic carbocycles. The van der Waals surface area contributed by atoms with Crippen LogP contribution in [0.2, 0.25) is 5.02 Å². The number of carbonyl (C=O) groups excluding carboxylic acids is 2. The van der Waals surface area contributed by atoms with Crippen molar-refractivity contribution in [2.75, 3.05) is 26.2 Å². The maximum atomic E-state index is 12.9. The molecule has 1 aliphatic carbocycles. The molecular formula is C21H28ClN3O2. The summed E-state index contributed by atoms with van der Waals surface area (Å²) in [4.78, 5) is 27.1. The van der Waals surface area contributed by atoms with E-state index in [0.717, 1.165) is 56.8 Å². The fourth-order valence-corrected chi connectivity index (χ4v) is 4.72. The number of likely N-dealkylation sites (tertiary alicyclic amines) is 1. The molecule has 4 rings (SSSR count). The van der Waals surface area contributed by atoms with Crippen molar-refractivity contribution in [3.05, 3.63) is 34.9 Å². The zero-order valence-electron chi connectivity index (χ0n) is 15.6. The highest BCUT2D eigenvalue weighted by Crippen LogP contribution is 2.49. The summed E-state index contributed by atoms with van der Waals surface area (Å²) >= 11 is 6.08. The summed E-state index contributed by atoms with van der Waals surface area (Å²) in [7, 11) is 0. The Morgan fingerprint density at radius 1 is 1.26 bits per heavy atom. The van der Waals surface area contributed by atoms with Gasteiger partial charge >= 0.3 is 0 Å². The van der Waals surface area contributed by atoms with E-state index in [2.05, 4.69) is 16.7 Å². The second-order valence-corrected chi connectivity index (χ2v) is 8.63. The van der Waals surface area contributed by atoms with Gasteiger partial charge in [0, 0.05) is 30.6 Å². The predicted molar refractivity (Wildman–Crippen MR) is 106 cm³/mol. The number of hydrogen-bond acceptors (Lipinski definition) is 3. The summed E-state index contributed by atoms with van der Waals surface area (Å²) < 4.78 is 0. The molecule has 0 radical (unpaired) electrons. The van der Waals surface area contributed by atoms with Gasteiger partial charge in [-0.25, -0.2) is 0 Å². The van der Waals surface area contributed by atoms with Crippen LogP contribution in [0, 0.1) is 11.8 Å². The van der Waals surface area contributed by atoms with Gasteiger partial charge < -0.3 is 15.5 Å². The highest BCUT2D eigenvalue weighted by Gasteiger charge is 2.46. The van der Waals surface area contributed by atoms with E-state index in [1.807, 2.05) is 23.1 Å². The van der Waals surface area contributed by atoms with Gasteiger partial charge in [-0.2, -0.15) is 0 Å². The lowest BCUT2D eigenvalue weighted by Gasteiger charge is -2.33. The lowest BCUT2D eigenvalue weighted by atomic mass is 9.97. The molecule has 2 N–H and O–H groups in total. The summed E-state index contributed by atoms with van der Waals surface area (Å²) in [6.45, 7) is 3.20. The molecule has 2 saturated heterocycles. The molecule has 4 unspecified atom stereocenters. The van der Waals surface area contributed by atoms with Crippen molar-refractivity contribution in [3.8, 4) is 0 Å². The Labute approximate surface area is 165 Å². The average molecular weight is 390 g/mol. The van der Waals surface area contributed by atoms with Crippen molar-refractivity contribution < 1.29 is 9.59 Å². The summed E-state index contributed by atoms with van der Waals surface area (Å²) in [5.41, 5.74) is 1.17. The third-order valence-corrected chi connectivity index (χ3v) is 6.39. The van der Waals surface area contributed by atoms with E-state index in [1.165, 1.54) is 5.56 Å². The van der Waals surface area contributed by atoms with Gasteiger partial charge in [0.1, 0.15) is 0 Å². The first-order valence-corrected chi connectivity index (χ1v) is 10.5. The Balaban J connectivity index is 1.27. The van der Waals surface area contributed by atoms with E-state index >= 15 is 0 Å². The fraction of sp³-hybridized carbons (Fsp3) is 0.619. The molecule has 0 bridgehead atoms. The first kappa shape index (κ1) is 18.8. The SMILES string of the molecule is O=C(NCC1CCCN(C(=O)C2CC2c2cccc(Cl)c2)C1)C1CCCN1. The van der Waals surface area contributed by atoms with Gasteiger partial charge in [0.15, 0.2) is 0 Å². The normalized spacial score (nSPS) is 30.2. The number of nitrogens with zero attached hydrogens (tertiary/aromatic N) is 1. The van der Waals surface area contributed by atoms with Crippen LogP contribution in [0.4, 0.5) is 0 Å². The highest BCUT2D eigenvalue weighted by molar-refractivity contribution is 6.30. The van der Waals surface area contributed by atoms with Gasteiger partial charge in [-0.3, -0.25) is 9.59 Å². The summed E-state index contributed by atoms with van der Waals surface area (Å²) in [5.74, 6) is 1.15. The van der Waals surface area contributed by atoms with Gasteiger partial charge in [0.05, 0.1) is 6.04 Å². The lowest BCUT2D eigenvalue weighted by molar-refractivity contribution is -0.134. The number of rotatable bonds is 5. The number of amides is 2. The number of piperidine rings is 1. The number of hydrogen-bond donors (Lipinski definition) is 2. The largest absolute Gasteiger partial charge is 0.354 e. The smallest absolute Gasteiger partial charge is 0.237 e. The Bertz CT molecular complexity index is 704. The number of halogens is 1. The molecule has 2 aliphatic heterocycles. The lowest BCUT2D eigenvalue weighted by Crippen LogP contribution is -2.47. The molecule has 27 heavy (non-hydrogen) atoms. The van der Waals surface area contributed by atoms with E-state index < -0.39 is 0 Å². The third kappa shape index (κ3) is 4.46. The quantitative estimate of drug-likeness (QED) is 0.813. The van der Waals surface area contributed by atoms with Gasteiger partial charge in [-0.1, -0.05) is 23.7 Å². The molecule has 2 amide bonds. The first-order valence-electron chi connectivity index (χ1n) is 10.2. The van der Waals surface area contributed by atoms with Crippen LogP contribution in [0.15, 0.2) is 24.3 Å². The number of nitrogens with one attached hydrogen (secondary N) is 2. The highest BCUT2D eigenvalue weighted by atomic mass is 35.5. The maximum Gasteiger partial charge on any atom is 0.237 e. The minimum atomic E-state index is -0.0313. The van der Waals surface area contributed by atoms with Crippen molar-refractivity contribution in [1.82, 2.24) is 15.5 Å². The molecule has 3 fully saturated rings. The van der Waals surface area contributed by atoms with Crippen molar-refractivity contribution in [1.29, 1.82) is 0 Å². The van der Waals surface area contributed by atoms with E-state index in [0.29, 0.717) is 18.4 Å². The van der Waals surface area contributed by atoms with Crippen LogP contribution in [-0.2, 0) is 9.59 Å². The summed E-state index contributed by atoms with van der Waals surface area (Å²) in [6, 6.07) is 7.84. The molecule has 0 spiro atoms. The maximum absolute atomic E-state index is 12.9. The first-order chi connectivity index (χ1) is 13.1. The third-order valence-electron chi connectivity index (χ3n) is 6.16. The fourth-order valence-electron chi connectivity index (χ4n) is 4.52. The van der Waals surface area contributed by atoms with Crippen LogP contribution < -0.4 is 10.6 Å². The molecule has 6 heteroatoms. The Morgan fingerprint density at radius 2 is 2.15 bits per heavy atom. The molecule has 2 heterocycles. The van der Waals surface area contributed by atoms with Crippen molar-refractivity contribution in [2.45, 2.75) is 44.1 Å². The standard InChI is InChI=1S/C21H28ClN3O2/c22-16-6-1-5-15(10-16)17-11-18(17)21(27)25-9-3-4-14(13-25)12-24-20(26)19-7-2-8-23-19/h1,5-6,10,14,17-19,23H,2-4,7-9,11-13H2,(H,24,26). The van der Waals surface area contributed by atoms with Crippen LogP contribution in [0.1, 0.15) is 43.6 Å². The Morgan fingerprint density at radius 3 is 2.93 bits per heavy atom. The molecule has 3 aliphatic rings. The second-order valence-electron chi connectivity index (χ2n) is 8.19. The van der Waals surface area contributed by atoms with Gasteiger partial charge in [0.2, 0.25) is 11.8 Å². The van der Waals surface area contributed by atoms with Crippen LogP contribution in [0.3, 0.4) is 0 Å². The van der Waals surface area contributed by atoms with E-state index in [1.54, 1.807) is 0 Å². The van der Waals surface area contributed by atoms with Gasteiger partial charge in [-0.05, 0) is 68.2 Å². The van der Waals surface area contributed by atoms with Crippen LogP contribution in [0.5, 0.6) is 0 Å². The zero-order valence-corrected chi connectivity index (χ0v) is 16.4. The van der Waals surface area contributed by atoms with Crippen LogP contribution in [-0.4, -0.2) is 48.9 Å². The molecule has 146 valence electrons. The molecule has 5 nitrogen and oxygen atoms in total. The minimum absolute atomic E-state index is 0.0313. The van der Waals surface area contributed by atoms with E-state index in [9.17, 15) is 9.59 Å². The van der Waals surface area contributed by atoms with Crippen molar-refractivity contribution >= 4 is 23.4 Å². The van der Waals surface area contributed by atoms with Crippen LogP contribution >= 0.6 is 11.6 Å². The molecule has 1 aromatic rings. The topological polar surface area (TPSA) is 61.4 Å².